The van der Waals surface area contributed by atoms with E-state index in [1.807, 2.05) is 11.9 Å². The van der Waals surface area contributed by atoms with Gasteiger partial charge in [0.1, 0.15) is 0 Å². The molecule has 1 heterocycles. The fourth-order valence-electron chi connectivity index (χ4n) is 1.43. The predicted molar refractivity (Wildman–Crippen MR) is 71.8 cm³/mol. The first kappa shape index (κ1) is 14.2. The van der Waals surface area contributed by atoms with E-state index >= 15 is 0 Å². The highest BCUT2D eigenvalue weighted by atomic mass is 35.5. The number of halogens is 1. The number of anilines is 1. The van der Waals surface area contributed by atoms with Gasteiger partial charge >= 0.3 is 0 Å². The van der Waals surface area contributed by atoms with Gasteiger partial charge in [-0.05, 0) is 26.7 Å². The van der Waals surface area contributed by atoms with Gasteiger partial charge in [0.2, 0.25) is 5.95 Å². The molecule has 0 bridgehead atoms. The first-order chi connectivity index (χ1) is 7.96. The monoisotopic (exact) mass is 256 g/mol. The molecule has 0 atom stereocenters. The van der Waals surface area contributed by atoms with Crippen LogP contribution in [-0.4, -0.2) is 33.6 Å². The Labute approximate surface area is 108 Å². The van der Waals surface area contributed by atoms with Crippen molar-refractivity contribution in [3.05, 3.63) is 11.4 Å². The quantitative estimate of drug-likeness (QED) is 0.759. The third-order valence-electron chi connectivity index (χ3n) is 3.03. The van der Waals surface area contributed by atoms with Crippen molar-refractivity contribution >= 4 is 17.5 Å². The molecule has 0 aliphatic heterocycles. The molecule has 96 valence electrons. The van der Waals surface area contributed by atoms with Gasteiger partial charge in [-0.1, -0.05) is 13.8 Å². The average Bonchev–Trinajstić information content (AvgIpc) is 2.36. The molecule has 5 heteroatoms. The number of alkyl halides is 1. The van der Waals surface area contributed by atoms with Crippen molar-refractivity contribution in [1.82, 2.24) is 15.2 Å². The van der Waals surface area contributed by atoms with Gasteiger partial charge in [-0.15, -0.1) is 16.7 Å². The number of aromatic nitrogens is 3. The molecule has 1 aromatic rings. The highest BCUT2D eigenvalue weighted by Crippen LogP contribution is 2.20. The second-order valence-electron chi connectivity index (χ2n) is 4.72. The third kappa shape index (κ3) is 3.06. The Balaban J connectivity index is 3.07. The van der Waals surface area contributed by atoms with Gasteiger partial charge < -0.3 is 4.90 Å². The average molecular weight is 257 g/mol. The SMILES string of the molecule is CCc1nnc(N(C)C(C)(C)CCl)nc1CC. The Bertz CT molecular complexity index is 379. The summed E-state index contributed by atoms with van der Waals surface area (Å²) in [5, 5.41) is 8.42. The minimum absolute atomic E-state index is 0.179. The maximum Gasteiger partial charge on any atom is 0.245 e. The highest BCUT2D eigenvalue weighted by molar-refractivity contribution is 6.18. The fourth-order valence-corrected chi connectivity index (χ4v) is 1.61. The van der Waals surface area contributed by atoms with E-state index in [0.29, 0.717) is 11.8 Å². The fraction of sp³-hybridized carbons (Fsp3) is 0.750. The van der Waals surface area contributed by atoms with Gasteiger partial charge in [-0.3, -0.25) is 0 Å². The van der Waals surface area contributed by atoms with E-state index in [2.05, 4.69) is 42.9 Å². The Morgan fingerprint density at radius 1 is 1.12 bits per heavy atom. The van der Waals surface area contributed by atoms with Crippen molar-refractivity contribution in [3.8, 4) is 0 Å². The van der Waals surface area contributed by atoms with E-state index in [1.165, 1.54) is 0 Å². The van der Waals surface area contributed by atoms with Crippen LogP contribution in [0, 0.1) is 0 Å². The second-order valence-corrected chi connectivity index (χ2v) is 4.98. The highest BCUT2D eigenvalue weighted by Gasteiger charge is 2.25. The van der Waals surface area contributed by atoms with Gasteiger partial charge in [0, 0.05) is 12.9 Å². The van der Waals surface area contributed by atoms with Crippen LogP contribution < -0.4 is 4.90 Å². The van der Waals surface area contributed by atoms with Crippen molar-refractivity contribution in [2.45, 2.75) is 46.1 Å². The predicted octanol–water partition coefficient (Wildman–Crippen LogP) is 2.45. The molecular weight excluding hydrogens is 236 g/mol. The van der Waals surface area contributed by atoms with Crippen molar-refractivity contribution < 1.29 is 0 Å². The Hall–Kier alpha value is -0.900. The second kappa shape index (κ2) is 5.63. The van der Waals surface area contributed by atoms with Crippen LogP contribution in [-0.2, 0) is 12.8 Å². The molecule has 17 heavy (non-hydrogen) atoms. The van der Waals surface area contributed by atoms with Gasteiger partial charge in [0.25, 0.3) is 0 Å². The van der Waals surface area contributed by atoms with Crippen LogP contribution >= 0.6 is 11.6 Å². The van der Waals surface area contributed by atoms with E-state index in [1.54, 1.807) is 0 Å². The molecule has 0 saturated heterocycles. The number of hydrogen-bond acceptors (Lipinski definition) is 4. The van der Waals surface area contributed by atoms with E-state index in [4.69, 9.17) is 11.6 Å². The number of rotatable bonds is 5. The van der Waals surface area contributed by atoms with E-state index in [-0.39, 0.29) is 5.54 Å². The summed E-state index contributed by atoms with van der Waals surface area (Å²) in [6.45, 7) is 8.27. The van der Waals surface area contributed by atoms with E-state index in [0.717, 1.165) is 24.2 Å². The summed E-state index contributed by atoms with van der Waals surface area (Å²) in [5.74, 6) is 1.16. The molecule has 1 rings (SSSR count). The maximum absolute atomic E-state index is 5.95. The van der Waals surface area contributed by atoms with Crippen molar-refractivity contribution in [3.63, 3.8) is 0 Å². The zero-order valence-corrected chi connectivity index (χ0v) is 12.0. The maximum atomic E-state index is 5.95. The van der Waals surface area contributed by atoms with E-state index < -0.39 is 0 Å². The standard InChI is InChI=1S/C12H21ClN4/c1-6-9-10(7-2)15-16-11(14-9)17(5)12(3,4)8-13/h6-8H2,1-5H3. The Morgan fingerprint density at radius 2 is 1.71 bits per heavy atom. The lowest BCUT2D eigenvalue weighted by Crippen LogP contribution is -2.44. The molecule has 0 aliphatic rings. The van der Waals surface area contributed by atoms with Crippen molar-refractivity contribution in [2.75, 3.05) is 17.8 Å². The van der Waals surface area contributed by atoms with Crippen LogP contribution in [0.1, 0.15) is 39.1 Å². The Morgan fingerprint density at radius 3 is 2.18 bits per heavy atom. The number of aryl methyl sites for hydroxylation is 2. The lowest BCUT2D eigenvalue weighted by Gasteiger charge is -2.33. The molecule has 1 aromatic heterocycles. The largest absolute Gasteiger partial charge is 0.336 e. The minimum Gasteiger partial charge on any atom is -0.336 e. The zero-order chi connectivity index (χ0) is 13.1. The molecule has 0 N–H and O–H groups in total. The lowest BCUT2D eigenvalue weighted by atomic mass is 10.1. The summed E-state index contributed by atoms with van der Waals surface area (Å²) in [7, 11) is 1.95. The molecule has 0 spiro atoms. The third-order valence-corrected chi connectivity index (χ3v) is 3.69. The summed E-state index contributed by atoms with van der Waals surface area (Å²) < 4.78 is 0. The van der Waals surface area contributed by atoms with Crippen LogP contribution in [0.4, 0.5) is 5.95 Å². The molecule has 0 aliphatic carbocycles. The molecular formula is C12H21ClN4. The lowest BCUT2D eigenvalue weighted by molar-refractivity contribution is 0.529. The summed E-state index contributed by atoms with van der Waals surface area (Å²) >= 11 is 5.95. The molecule has 0 amide bonds. The van der Waals surface area contributed by atoms with Gasteiger partial charge in [-0.2, -0.15) is 5.10 Å². The van der Waals surface area contributed by atoms with Crippen LogP contribution in [0.3, 0.4) is 0 Å². The van der Waals surface area contributed by atoms with Crippen molar-refractivity contribution in [1.29, 1.82) is 0 Å². The molecule has 0 saturated carbocycles. The normalized spacial score (nSPS) is 11.6. The van der Waals surface area contributed by atoms with Gasteiger partial charge in [0.05, 0.1) is 16.9 Å². The zero-order valence-electron chi connectivity index (χ0n) is 11.3. The first-order valence-corrected chi connectivity index (χ1v) is 6.52. The van der Waals surface area contributed by atoms with Crippen LogP contribution in [0.15, 0.2) is 0 Å². The molecule has 0 radical (unpaired) electrons. The van der Waals surface area contributed by atoms with Gasteiger partial charge in [-0.25, -0.2) is 4.98 Å². The molecule has 4 nitrogen and oxygen atoms in total. The first-order valence-electron chi connectivity index (χ1n) is 5.98. The van der Waals surface area contributed by atoms with Gasteiger partial charge in [0.15, 0.2) is 0 Å². The topological polar surface area (TPSA) is 41.9 Å². The van der Waals surface area contributed by atoms with Crippen LogP contribution in [0.5, 0.6) is 0 Å². The molecule has 0 fully saturated rings. The summed E-state index contributed by atoms with van der Waals surface area (Å²) in [6, 6.07) is 0. The van der Waals surface area contributed by atoms with Crippen LogP contribution in [0.2, 0.25) is 0 Å². The van der Waals surface area contributed by atoms with E-state index in [9.17, 15) is 0 Å². The summed E-state index contributed by atoms with van der Waals surface area (Å²) in [5.41, 5.74) is 1.82. The van der Waals surface area contributed by atoms with Crippen LogP contribution in [0.25, 0.3) is 0 Å². The molecule has 0 unspecified atom stereocenters. The number of hydrogen-bond donors (Lipinski definition) is 0. The summed E-state index contributed by atoms with van der Waals surface area (Å²) in [4.78, 5) is 6.55. The smallest absolute Gasteiger partial charge is 0.245 e. The summed E-state index contributed by atoms with van der Waals surface area (Å²) in [6.07, 6.45) is 1.74. The Kier molecular flexibility index (Phi) is 4.69. The molecule has 0 aromatic carbocycles. The minimum atomic E-state index is -0.179. The number of nitrogens with zero attached hydrogens (tertiary/aromatic N) is 4. The van der Waals surface area contributed by atoms with Crippen molar-refractivity contribution in [2.24, 2.45) is 0 Å².